The van der Waals surface area contributed by atoms with Gasteiger partial charge in [0.2, 0.25) is 0 Å². The minimum Gasteiger partial charge on any atom is -0.388 e. The van der Waals surface area contributed by atoms with Gasteiger partial charge in [0.1, 0.15) is 5.82 Å². The molecule has 1 saturated heterocycles. The zero-order chi connectivity index (χ0) is 18.8. The van der Waals surface area contributed by atoms with E-state index in [1.54, 1.807) is 13.8 Å². The van der Waals surface area contributed by atoms with Crippen LogP contribution in [0.3, 0.4) is 0 Å². The van der Waals surface area contributed by atoms with Gasteiger partial charge in [0.05, 0.1) is 22.2 Å². The molecule has 4 rings (SSSR count). The molecule has 8 heteroatoms. The lowest BCUT2D eigenvalue weighted by molar-refractivity contribution is 0.0447. The topological polar surface area (TPSA) is 93.5 Å². The molecule has 3 N–H and O–H groups in total. The number of nitrogens with two attached hydrogens (primary N) is 1. The first kappa shape index (κ1) is 17.1. The van der Waals surface area contributed by atoms with Crippen molar-refractivity contribution in [3.05, 3.63) is 38.3 Å². The number of hydrogen-bond acceptors (Lipinski definition) is 5. The molecular weight excluding hydrogens is 339 g/mol. The average Bonchev–Trinajstić information content (AvgIpc) is 3.38. The Bertz CT molecular complexity index is 1020. The minimum absolute atomic E-state index is 0.0122. The zero-order valence-electron chi connectivity index (χ0n) is 15.0. The SMILES string of the molecule is Cc1c(N2CCCC(C)(O)C2)c(F)cc2c(=O)n(N)c(=O)n(C3CC3)c12. The molecule has 0 radical (unpaired) electrons. The summed E-state index contributed by atoms with van der Waals surface area (Å²) < 4.78 is 17.1. The molecule has 0 spiro atoms. The normalized spacial score (nSPS) is 23.6. The van der Waals surface area contributed by atoms with E-state index in [0.717, 1.165) is 19.3 Å². The van der Waals surface area contributed by atoms with Crippen LogP contribution < -0.4 is 22.0 Å². The first-order valence-corrected chi connectivity index (χ1v) is 8.94. The summed E-state index contributed by atoms with van der Waals surface area (Å²) in [5.41, 5.74) is -0.828. The van der Waals surface area contributed by atoms with Gasteiger partial charge >= 0.3 is 5.69 Å². The number of nitrogen functional groups attached to an aromatic ring is 1. The first-order chi connectivity index (χ1) is 12.2. The fourth-order valence-corrected chi connectivity index (χ4v) is 4.13. The number of benzene rings is 1. The zero-order valence-corrected chi connectivity index (χ0v) is 15.0. The Labute approximate surface area is 149 Å². The summed E-state index contributed by atoms with van der Waals surface area (Å²) in [7, 11) is 0. The Morgan fingerprint density at radius 1 is 1.35 bits per heavy atom. The van der Waals surface area contributed by atoms with E-state index in [1.807, 2.05) is 4.90 Å². The number of aliphatic hydroxyl groups is 1. The molecule has 7 nitrogen and oxygen atoms in total. The summed E-state index contributed by atoms with van der Waals surface area (Å²) in [6.45, 7) is 4.38. The average molecular weight is 362 g/mol. The summed E-state index contributed by atoms with van der Waals surface area (Å²) in [5, 5.41) is 10.5. The van der Waals surface area contributed by atoms with Crippen LogP contribution in [0.2, 0.25) is 0 Å². The van der Waals surface area contributed by atoms with E-state index in [0.29, 0.717) is 41.0 Å². The van der Waals surface area contributed by atoms with E-state index in [-0.39, 0.29) is 11.4 Å². The van der Waals surface area contributed by atoms with Crippen molar-refractivity contribution in [3.63, 3.8) is 0 Å². The molecule has 1 aromatic heterocycles. The Hall–Kier alpha value is -2.35. The number of piperidine rings is 1. The maximum absolute atomic E-state index is 15.0. The molecule has 1 aliphatic carbocycles. The first-order valence-electron chi connectivity index (χ1n) is 8.94. The second-order valence-electron chi connectivity index (χ2n) is 7.81. The van der Waals surface area contributed by atoms with E-state index in [9.17, 15) is 19.1 Å². The maximum atomic E-state index is 15.0. The van der Waals surface area contributed by atoms with Gasteiger partial charge in [0.15, 0.2) is 0 Å². The van der Waals surface area contributed by atoms with Crippen LogP contribution >= 0.6 is 0 Å². The van der Waals surface area contributed by atoms with Crippen LogP contribution in [0.4, 0.5) is 10.1 Å². The lowest BCUT2D eigenvalue weighted by atomic mass is 9.94. The molecule has 1 aliphatic heterocycles. The molecular formula is C18H23FN4O3. The summed E-state index contributed by atoms with van der Waals surface area (Å²) in [4.78, 5) is 26.8. The van der Waals surface area contributed by atoms with E-state index < -0.39 is 22.7 Å². The van der Waals surface area contributed by atoms with Crippen molar-refractivity contribution >= 4 is 16.6 Å². The van der Waals surface area contributed by atoms with Crippen LogP contribution in [0.25, 0.3) is 10.9 Å². The molecule has 2 aliphatic rings. The van der Waals surface area contributed by atoms with Gasteiger partial charge in [-0.1, -0.05) is 0 Å². The summed E-state index contributed by atoms with van der Waals surface area (Å²) in [6.07, 6.45) is 3.06. The smallest absolute Gasteiger partial charge is 0.350 e. The van der Waals surface area contributed by atoms with Crippen molar-refractivity contribution in [3.8, 4) is 0 Å². The quantitative estimate of drug-likeness (QED) is 0.778. The highest BCUT2D eigenvalue weighted by Gasteiger charge is 2.33. The second kappa shape index (κ2) is 5.57. The maximum Gasteiger partial charge on any atom is 0.350 e. The van der Waals surface area contributed by atoms with Gasteiger partial charge in [0, 0.05) is 24.7 Å². The van der Waals surface area contributed by atoms with Gasteiger partial charge in [-0.2, -0.15) is 4.68 Å². The molecule has 1 unspecified atom stereocenters. The fourth-order valence-electron chi connectivity index (χ4n) is 4.13. The molecule has 2 heterocycles. The number of β-amino-alcohol motifs (C(OH)–C–C–N with tert-alkyl or cyclic N) is 1. The molecule has 2 aromatic rings. The number of aromatic nitrogens is 2. The number of halogens is 1. The number of fused-ring (bicyclic) bond motifs is 1. The van der Waals surface area contributed by atoms with E-state index in [4.69, 9.17) is 5.84 Å². The molecule has 26 heavy (non-hydrogen) atoms. The van der Waals surface area contributed by atoms with Gasteiger partial charge in [-0.15, -0.1) is 0 Å². The molecule has 1 atom stereocenters. The molecule has 1 aromatic carbocycles. The van der Waals surface area contributed by atoms with Crippen molar-refractivity contribution in [2.45, 2.75) is 51.2 Å². The number of nitrogens with zero attached hydrogens (tertiary/aromatic N) is 3. The molecule has 1 saturated carbocycles. The number of anilines is 1. The summed E-state index contributed by atoms with van der Waals surface area (Å²) >= 11 is 0. The third-order valence-corrected chi connectivity index (χ3v) is 5.47. The largest absolute Gasteiger partial charge is 0.388 e. The molecule has 0 amide bonds. The standard InChI is InChI=1S/C18H23FN4O3/c1-10-14-12(16(24)23(20)17(25)22(14)11-4-5-11)8-13(19)15(10)21-7-3-6-18(2,26)9-21/h8,11,26H,3-7,9,20H2,1-2H3. The van der Waals surface area contributed by atoms with Gasteiger partial charge in [0.25, 0.3) is 5.56 Å². The Kier molecular flexibility index (Phi) is 3.66. The van der Waals surface area contributed by atoms with E-state index in [2.05, 4.69) is 0 Å². The predicted octanol–water partition coefficient (Wildman–Crippen LogP) is 1.01. The predicted molar refractivity (Wildman–Crippen MR) is 97.7 cm³/mol. The Balaban J connectivity index is 2.02. The van der Waals surface area contributed by atoms with Crippen LogP contribution in [0, 0.1) is 12.7 Å². The van der Waals surface area contributed by atoms with Crippen molar-refractivity contribution < 1.29 is 9.50 Å². The van der Waals surface area contributed by atoms with E-state index >= 15 is 0 Å². The highest BCUT2D eigenvalue weighted by atomic mass is 19.1. The van der Waals surface area contributed by atoms with Gasteiger partial charge in [-0.25, -0.2) is 9.18 Å². The van der Waals surface area contributed by atoms with Gasteiger partial charge < -0.3 is 15.8 Å². The summed E-state index contributed by atoms with van der Waals surface area (Å²) in [5.74, 6) is 5.10. The Morgan fingerprint density at radius 2 is 2.04 bits per heavy atom. The van der Waals surface area contributed by atoms with Crippen molar-refractivity contribution in [2.75, 3.05) is 23.8 Å². The third kappa shape index (κ3) is 2.51. The van der Waals surface area contributed by atoms with Gasteiger partial charge in [-0.05, 0) is 45.6 Å². The van der Waals surface area contributed by atoms with E-state index in [1.165, 1.54) is 10.6 Å². The third-order valence-electron chi connectivity index (χ3n) is 5.47. The summed E-state index contributed by atoms with van der Waals surface area (Å²) in [6, 6.07) is 1.16. The lowest BCUT2D eigenvalue weighted by Crippen LogP contribution is -2.47. The minimum atomic E-state index is -0.900. The lowest BCUT2D eigenvalue weighted by Gasteiger charge is -2.39. The molecule has 0 bridgehead atoms. The highest BCUT2D eigenvalue weighted by Crippen LogP contribution is 2.39. The van der Waals surface area contributed by atoms with Crippen molar-refractivity contribution in [1.82, 2.24) is 9.24 Å². The molecule has 140 valence electrons. The van der Waals surface area contributed by atoms with Crippen LogP contribution in [-0.2, 0) is 0 Å². The Morgan fingerprint density at radius 3 is 2.65 bits per heavy atom. The highest BCUT2D eigenvalue weighted by molar-refractivity contribution is 5.87. The number of aryl methyl sites for hydroxylation is 1. The van der Waals surface area contributed by atoms with Crippen molar-refractivity contribution in [2.24, 2.45) is 0 Å². The van der Waals surface area contributed by atoms with Crippen LogP contribution in [0.15, 0.2) is 15.7 Å². The van der Waals surface area contributed by atoms with Crippen LogP contribution in [0.1, 0.15) is 44.2 Å². The van der Waals surface area contributed by atoms with Crippen LogP contribution in [-0.4, -0.2) is 33.0 Å². The number of hydrogen-bond donors (Lipinski definition) is 2. The van der Waals surface area contributed by atoms with Crippen LogP contribution in [0.5, 0.6) is 0 Å². The van der Waals surface area contributed by atoms with Crippen molar-refractivity contribution in [1.29, 1.82) is 0 Å². The second-order valence-corrected chi connectivity index (χ2v) is 7.81. The van der Waals surface area contributed by atoms with Gasteiger partial charge in [-0.3, -0.25) is 9.36 Å². The monoisotopic (exact) mass is 362 g/mol. The fraction of sp³-hybridized carbons (Fsp3) is 0.556. The molecule has 2 fully saturated rings. The number of rotatable bonds is 2.